The summed E-state index contributed by atoms with van der Waals surface area (Å²) in [6.45, 7) is 9.43. The van der Waals surface area contributed by atoms with E-state index in [0.717, 1.165) is 45.6 Å². The number of rotatable bonds is 13. The largest absolute Gasteiger partial charge is 0.487 e. The summed E-state index contributed by atoms with van der Waals surface area (Å²) >= 11 is 0. The van der Waals surface area contributed by atoms with Crippen LogP contribution in [0.3, 0.4) is 0 Å². The number of carboxylic acid groups (broad SMARTS) is 1. The molecule has 0 radical (unpaired) electrons. The van der Waals surface area contributed by atoms with Crippen molar-refractivity contribution >= 4 is 34.0 Å². The molecule has 2 amide bonds. The quantitative estimate of drug-likeness (QED) is 0.0948. The van der Waals surface area contributed by atoms with Crippen LogP contribution in [0.2, 0.25) is 0 Å². The summed E-state index contributed by atoms with van der Waals surface area (Å²) in [5.74, 6) is -1.52. The van der Waals surface area contributed by atoms with Gasteiger partial charge in [0.15, 0.2) is 0 Å². The zero-order valence-corrected chi connectivity index (χ0v) is 31.0. The fraction of sp³-hybridized carbons (Fsp3) is 0.421. The Bertz CT molecular complexity index is 1960. The van der Waals surface area contributed by atoms with Crippen molar-refractivity contribution in [2.75, 3.05) is 19.7 Å². The standard InChI is InChI=1S/C38H47N5O8S/c1-22-23(2)34(24(3)25-16-18-38(4,5)51-33(22)25)52(48,49)43-36(39)40-19-10-15-31(35(45)46)42-32(44)17-20-41-37(47)50-21-30-28-13-8-6-11-26(28)27-12-7-9-14-29(27)30/h6-9,11-14,30-31H,10,15-21H2,1-5H3,(H,41,47)(H,42,44)(H,45,46)(H3,39,40,43)/t31-/m0/s1. The van der Waals surface area contributed by atoms with Crippen LogP contribution in [0, 0.1) is 20.8 Å². The van der Waals surface area contributed by atoms with Crippen LogP contribution in [0.1, 0.15) is 78.8 Å². The molecule has 3 aromatic carbocycles. The number of guanidine groups is 1. The van der Waals surface area contributed by atoms with Gasteiger partial charge >= 0.3 is 12.1 Å². The van der Waals surface area contributed by atoms with Gasteiger partial charge in [-0.05, 0) is 105 Å². The number of carbonyl (C=O) groups is 3. The maximum atomic E-state index is 13.4. The molecule has 278 valence electrons. The number of nitrogens with one attached hydrogen (secondary N) is 3. The molecule has 1 aliphatic heterocycles. The molecule has 5 rings (SSSR count). The van der Waals surface area contributed by atoms with Crippen LogP contribution in [0.5, 0.6) is 5.75 Å². The number of hydrogen-bond donors (Lipinski definition) is 5. The highest BCUT2D eigenvalue weighted by molar-refractivity contribution is 7.90. The van der Waals surface area contributed by atoms with Crippen LogP contribution < -0.4 is 25.8 Å². The van der Waals surface area contributed by atoms with Crippen molar-refractivity contribution in [1.82, 2.24) is 15.4 Å². The number of nitrogens with zero attached hydrogens (tertiary/aromatic N) is 1. The highest BCUT2D eigenvalue weighted by atomic mass is 32.2. The molecule has 0 spiro atoms. The van der Waals surface area contributed by atoms with Gasteiger partial charge in [0.25, 0.3) is 10.0 Å². The fourth-order valence-corrected chi connectivity index (χ4v) is 8.44. The molecule has 6 N–H and O–H groups in total. The topological polar surface area (TPSA) is 199 Å². The van der Waals surface area contributed by atoms with Crippen molar-refractivity contribution in [3.05, 3.63) is 81.9 Å². The second kappa shape index (κ2) is 15.6. The normalized spacial score (nSPS) is 15.4. The molecule has 3 aromatic rings. The number of carbonyl (C=O) groups excluding carboxylic acids is 2. The van der Waals surface area contributed by atoms with Crippen LogP contribution in [-0.2, 0) is 30.8 Å². The third-order valence-electron chi connectivity index (χ3n) is 9.71. The van der Waals surface area contributed by atoms with Gasteiger partial charge in [0.1, 0.15) is 24.0 Å². The van der Waals surface area contributed by atoms with Crippen molar-refractivity contribution < 1.29 is 37.4 Å². The number of aliphatic imine (C=N–C) groups is 1. The maximum absolute atomic E-state index is 13.4. The van der Waals surface area contributed by atoms with E-state index in [2.05, 4.69) is 20.3 Å². The first kappa shape index (κ1) is 38.1. The van der Waals surface area contributed by atoms with E-state index in [9.17, 15) is 27.9 Å². The van der Waals surface area contributed by atoms with E-state index >= 15 is 0 Å². The van der Waals surface area contributed by atoms with E-state index in [0.29, 0.717) is 17.5 Å². The lowest BCUT2D eigenvalue weighted by Gasteiger charge is -2.35. The van der Waals surface area contributed by atoms with Crippen LogP contribution in [-0.4, -0.2) is 68.8 Å². The number of alkyl carbamates (subject to hydrolysis) is 1. The van der Waals surface area contributed by atoms with Gasteiger partial charge in [0, 0.05) is 25.4 Å². The average Bonchev–Trinajstić information content (AvgIpc) is 3.40. The molecule has 0 fully saturated rings. The predicted octanol–water partition coefficient (Wildman–Crippen LogP) is 4.59. The predicted molar refractivity (Wildman–Crippen MR) is 197 cm³/mol. The number of nitrogens with two attached hydrogens (primary N) is 1. The number of carboxylic acids is 1. The number of hydrogen-bond acceptors (Lipinski definition) is 8. The maximum Gasteiger partial charge on any atom is 0.407 e. The molecule has 1 heterocycles. The van der Waals surface area contributed by atoms with E-state index in [-0.39, 0.29) is 61.3 Å². The first-order valence-corrected chi connectivity index (χ1v) is 18.8. The lowest BCUT2D eigenvalue weighted by Crippen LogP contribution is -2.42. The first-order chi connectivity index (χ1) is 24.6. The third-order valence-corrected chi connectivity index (χ3v) is 11.3. The Morgan fingerprint density at radius 3 is 2.29 bits per heavy atom. The minimum atomic E-state index is -4.09. The number of sulfonamides is 1. The van der Waals surface area contributed by atoms with Crippen molar-refractivity contribution in [3.8, 4) is 16.9 Å². The highest BCUT2D eigenvalue weighted by Crippen LogP contribution is 2.45. The summed E-state index contributed by atoms with van der Waals surface area (Å²) in [5.41, 5.74) is 12.7. The minimum absolute atomic E-state index is 0.0153. The molecule has 52 heavy (non-hydrogen) atoms. The fourth-order valence-electron chi connectivity index (χ4n) is 6.92. The summed E-state index contributed by atoms with van der Waals surface area (Å²) in [6.07, 6.45) is 0.795. The lowest BCUT2D eigenvalue weighted by molar-refractivity contribution is -0.142. The van der Waals surface area contributed by atoms with Crippen molar-refractivity contribution in [1.29, 1.82) is 0 Å². The van der Waals surface area contributed by atoms with Crippen molar-refractivity contribution in [2.45, 2.75) is 89.2 Å². The number of amides is 2. The van der Waals surface area contributed by atoms with Gasteiger partial charge in [-0.2, -0.15) is 0 Å². The Morgan fingerprint density at radius 1 is 1.02 bits per heavy atom. The Morgan fingerprint density at radius 2 is 1.65 bits per heavy atom. The van der Waals surface area contributed by atoms with Crippen LogP contribution in [0.25, 0.3) is 11.1 Å². The van der Waals surface area contributed by atoms with Crippen molar-refractivity contribution in [2.24, 2.45) is 10.7 Å². The van der Waals surface area contributed by atoms with E-state index in [1.54, 1.807) is 13.8 Å². The van der Waals surface area contributed by atoms with Gasteiger partial charge in [-0.15, -0.1) is 0 Å². The second-order valence-corrected chi connectivity index (χ2v) is 15.5. The van der Waals surface area contributed by atoms with Crippen molar-refractivity contribution in [3.63, 3.8) is 0 Å². The van der Waals surface area contributed by atoms with Gasteiger partial charge in [-0.25, -0.2) is 22.7 Å². The zero-order chi connectivity index (χ0) is 37.8. The Labute approximate surface area is 304 Å². The summed E-state index contributed by atoms with van der Waals surface area (Å²) in [5, 5.41) is 14.7. The number of aliphatic carboxylic acids is 1. The van der Waals surface area contributed by atoms with Gasteiger partial charge < -0.3 is 30.9 Å². The number of ether oxygens (including phenoxy) is 2. The smallest absolute Gasteiger partial charge is 0.407 e. The van der Waals surface area contributed by atoms with Gasteiger partial charge in [-0.3, -0.25) is 9.79 Å². The molecule has 13 nitrogen and oxygen atoms in total. The SMILES string of the molecule is Cc1c(C)c(S(=O)(=O)NC(N)=NCCC[C@H](NC(=O)CCNC(=O)OCC2c3ccccc3-c3ccccc32)C(=O)O)c(C)c2c1OC(C)(C)CC2. The summed E-state index contributed by atoms with van der Waals surface area (Å²) in [4.78, 5) is 41.0. The third kappa shape index (κ3) is 8.50. The molecule has 0 saturated carbocycles. The molecule has 0 unspecified atom stereocenters. The van der Waals surface area contributed by atoms with E-state index < -0.39 is 34.0 Å². The van der Waals surface area contributed by atoms with E-state index in [1.807, 2.05) is 69.3 Å². The molecule has 1 aliphatic carbocycles. The zero-order valence-electron chi connectivity index (χ0n) is 30.2. The lowest BCUT2D eigenvalue weighted by atomic mass is 9.88. The molecule has 0 bridgehead atoms. The second-order valence-electron chi connectivity index (χ2n) is 13.8. The van der Waals surface area contributed by atoms with Crippen LogP contribution in [0.4, 0.5) is 4.79 Å². The molecule has 1 atom stereocenters. The number of fused-ring (bicyclic) bond motifs is 4. The first-order valence-electron chi connectivity index (χ1n) is 17.3. The Kier molecular flexibility index (Phi) is 11.5. The Balaban J connectivity index is 1.06. The van der Waals surface area contributed by atoms with E-state index in [1.165, 1.54) is 0 Å². The molecule has 2 aliphatic rings. The summed E-state index contributed by atoms with van der Waals surface area (Å²) in [7, 11) is -4.09. The van der Waals surface area contributed by atoms with E-state index in [4.69, 9.17) is 15.2 Å². The molecule has 14 heteroatoms. The summed E-state index contributed by atoms with van der Waals surface area (Å²) in [6, 6.07) is 14.7. The monoisotopic (exact) mass is 733 g/mol. The van der Waals surface area contributed by atoms with Gasteiger partial charge in [0.2, 0.25) is 11.9 Å². The van der Waals surface area contributed by atoms with Gasteiger partial charge in [-0.1, -0.05) is 48.5 Å². The molecule has 0 aromatic heterocycles. The molecular formula is C38H47N5O8S. The van der Waals surface area contributed by atoms with Crippen LogP contribution in [0.15, 0.2) is 58.4 Å². The van der Waals surface area contributed by atoms with Gasteiger partial charge in [0.05, 0.1) is 4.90 Å². The average molecular weight is 734 g/mol. The highest BCUT2D eigenvalue weighted by Gasteiger charge is 2.34. The van der Waals surface area contributed by atoms with Crippen LogP contribution >= 0.6 is 0 Å². The molecular weight excluding hydrogens is 687 g/mol. The number of benzene rings is 3. The minimum Gasteiger partial charge on any atom is -0.487 e. The molecule has 0 saturated heterocycles. The Hall–Kier alpha value is -5.11. The summed E-state index contributed by atoms with van der Waals surface area (Å²) < 4.78 is 40.9.